The summed E-state index contributed by atoms with van der Waals surface area (Å²) in [6.45, 7) is 4.95. The summed E-state index contributed by atoms with van der Waals surface area (Å²) in [6, 6.07) is -0.545. The van der Waals surface area contributed by atoms with Gasteiger partial charge in [0.25, 0.3) is 0 Å². The van der Waals surface area contributed by atoms with Gasteiger partial charge in [-0.15, -0.1) is 0 Å². The number of carbonyl (C=O) groups excluding carboxylic acids is 2. The lowest BCUT2D eigenvalue weighted by molar-refractivity contribution is -0.143. The van der Waals surface area contributed by atoms with Crippen LogP contribution in [0.15, 0.2) is 36.5 Å². The van der Waals surface area contributed by atoms with Crippen molar-refractivity contribution in [3.05, 3.63) is 36.5 Å². The minimum Gasteiger partial charge on any atom is -0.466 e. The van der Waals surface area contributed by atoms with E-state index in [1.807, 2.05) is 0 Å². The quantitative estimate of drug-likeness (QED) is 0.0320. The lowest BCUT2D eigenvalue weighted by Gasteiger charge is -2.22. The number of esters is 1. The fourth-order valence-electron chi connectivity index (χ4n) is 10.5. The van der Waals surface area contributed by atoms with Crippen LogP contribution in [-0.4, -0.2) is 47.4 Å². The van der Waals surface area contributed by atoms with E-state index in [1.165, 1.54) is 283 Å². The summed E-state index contributed by atoms with van der Waals surface area (Å²) in [6.07, 6.45) is 81.7. The molecule has 0 aromatic rings. The molecular weight excluding hydrogens is 923 g/mol. The fraction of sp³-hybridized carbons (Fsp3) is 0.884. The van der Waals surface area contributed by atoms with Crippen molar-refractivity contribution in [3.8, 4) is 0 Å². The number of hydrogen-bond donors (Lipinski definition) is 3. The summed E-state index contributed by atoms with van der Waals surface area (Å²) in [7, 11) is 0. The smallest absolute Gasteiger partial charge is 0.305 e. The molecule has 0 radical (unpaired) electrons. The number of unbranched alkanes of at least 4 members (excludes halogenated alkanes) is 46. The Morgan fingerprint density at radius 3 is 1.05 bits per heavy atom. The number of aliphatic hydroxyl groups excluding tert-OH is 2. The molecule has 0 aromatic heterocycles. The molecule has 0 saturated heterocycles. The van der Waals surface area contributed by atoms with E-state index in [1.54, 1.807) is 0 Å². The van der Waals surface area contributed by atoms with E-state index in [0.717, 1.165) is 51.4 Å². The fourth-order valence-corrected chi connectivity index (χ4v) is 10.5. The van der Waals surface area contributed by atoms with Gasteiger partial charge in [0, 0.05) is 12.8 Å². The van der Waals surface area contributed by atoms with Gasteiger partial charge in [-0.1, -0.05) is 307 Å². The average Bonchev–Trinajstić information content (AvgIpc) is 3.41. The monoisotopic (exact) mass is 1050 g/mol. The highest BCUT2D eigenvalue weighted by molar-refractivity contribution is 5.76. The molecule has 6 nitrogen and oxygen atoms in total. The van der Waals surface area contributed by atoms with Crippen LogP contribution in [-0.2, 0) is 14.3 Å². The van der Waals surface area contributed by atoms with Crippen molar-refractivity contribution in [1.29, 1.82) is 0 Å². The summed E-state index contributed by atoms with van der Waals surface area (Å²) in [5.41, 5.74) is 0. The molecule has 0 aromatic carbocycles. The van der Waals surface area contributed by atoms with Crippen molar-refractivity contribution in [3.63, 3.8) is 0 Å². The third kappa shape index (κ3) is 61.2. The molecule has 2 unspecified atom stereocenters. The zero-order valence-electron chi connectivity index (χ0n) is 50.5. The predicted octanol–water partition coefficient (Wildman–Crippen LogP) is 21.5. The second-order valence-corrected chi connectivity index (χ2v) is 23.1. The van der Waals surface area contributed by atoms with Crippen LogP contribution in [0.4, 0.5) is 0 Å². The first-order chi connectivity index (χ1) is 37.0. The Bertz CT molecular complexity index is 1210. The molecule has 0 aliphatic heterocycles. The number of allylic oxidation sites excluding steroid dienone is 6. The van der Waals surface area contributed by atoms with Gasteiger partial charge in [-0.25, -0.2) is 0 Å². The summed E-state index contributed by atoms with van der Waals surface area (Å²) >= 11 is 0. The number of aliphatic hydroxyl groups is 2. The molecule has 6 heteroatoms. The standard InChI is InChI=1S/C69H131NO5/c1-3-5-7-9-11-13-15-17-18-19-29-32-35-38-41-45-49-53-57-61-67(72)66(65-71)70-68(73)62-58-54-50-46-42-39-36-33-30-27-25-23-21-20-22-24-26-28-31-34-37-40-44-48-52-56-60-64-75-69(74)63-59-55-51-47-43-16-14-12-10-8-6-4-2/h12,14,20-21,24,26,66-67,71-72H,3-11,13,15-19,22-23,25,27-65H2,1-2H3,(H,70,73)/b14-12-,21-20-,26-24-. The third-order valence-electron chi connectivity index (χ3n) is 15.7. The van der Waals surface area contributed by atoms with Crippen molar-refractivity contribution in [2.45, 2.75) is 379 Å². The van der Waals surface area contributed by atoms with Crippen LogP contribution in [0.25, 0.3) is 0 Å². The molecule has 0 aliphatic carbocycles. The number of carbonyl (C=O) groups is 2. The lowest BCUT2D eigenvalue weighted by Crippen LogP contribution is -2.45. The molecule has 0 aliphatic rings. The van der Waals surface area contributed by atoms with Gasteiger partial charge in [0.05, 0.1) is 25.4 Å². The van der Waals surface area contributed by atoms with Crippen LogP contribution in [0, 0.1) is 0 Å². The molecule has 2 atom stereocenters. The highest BCUT2D eigenvalue weighted by Crippen LogP contribution is 2.18. The largest absolute Gasteiger partial charge is 0.466 e. The number of rotatable bonds is 63. The van der Waals surface area contributed by atoms with E-state index >= 15 is 0 Å². The first kappa shape index (κ1) is 73.1. The zero-order valence-corrected chi connectivity index (χ0v) is 50.5. The number of hydrogen-bond acceptors (Lipinski definition) is 5. The molecule has 0 fully saturated rings. The molecule has 442 valence electrons. The summed E-state index contributed by atoms with van der Waals surface area (Å²) in [5, 5.41) is 23.4. The maximum atomic E-state index is 12.5. The summed E-state index contributed by atoms with van der Waals surface area (Å²) < 4.78 is 5.46. The van der Waals surface area contributed by atoms with Crippen LogP contribution >= 0.6 is 0 Å². The number of amides is 1. The van der Waals surface area contributed by atoms with Gasteiger partial charge in [0.1, 0.15) is 0 Å². The average molecular weight is 1050 g/mol. The minimum atomic E-state index is -0.667. The van der Waals surface area contributed by atoms with E-state index in [9.17, 15) is 19.8 Å². The van der Waals surface area contributed by atoms with Gasteiger partial charge in [-0.3, -0.25) is 9.59 Å². The molecular formula is C69H131NO5. The van der Waals surface area contributed by atoms with Crippen molar-refractivity contribution < 1.29 is 24.5 Å². The van der Waals surface area contributed by atoms with Crippen molar-refractivity contribution in [2.75, 3.05) is 13.2 Å². The van der Waals surface area contributed by atoms with E-state index < -0.39 is 12.1 Å². The Hall–Kier alpha value is -1.92. The molecule has 0 rings (SSSR count). The molecule has 0 bridgehead atoms. The Labute approximate surface area is 468 Å². The molecule has 3 N–H and O–H groups in total. The van der Waals surface area contributed by atoms with Crippen LogP contribution in [0.3, 0.4) is 0 Å². The Kier molecular flexibility index (Phi) is 63.0. The number of ether oxygens (including phenoxy) is 1. The third-order valence-corrected chi connectivity index (χ3v) is 15.7. The predicted molar refractivity (Wildman–Crippen MR) is 329 cm³/mol. The first-order valence-corrected chi connectivity index (χ1v) is 33.7. The zero-order chi connectivity index (χ0) is 54.3. The van der Waals surface area contributed by atoms with Gasteiger partial charge < -0.3 is 20.3 Å². The highest BCUT2D eigenvalue weighted by Gasteiger charge is 2.20. The van der Waals surface area contributed by atoms with Gasteiger partial charge in [-0.05, 0) is 83.5 Å². The maximum absolute atomic E-state index is 12.5. The Balaban J connectivity index is 3.43. The van der Waals surface area contributed by atoms with E-state index in [0.29, 0.717) is 25.9 Å². The summed E-state index contributed by atoms with van der Waals surface area (Å²) in [5.74, 6) is -0.0343. The van der Waals surface area contributed by atoms with Crippen LogP contribution in [0.2, 0.25) is 0 Å². The van der Waals surface area contributed by atoms with Gasteiger partial charge in [0.15, 0.2) is 0 Å². The van der Waals surface area contributed by atoms with Crippen molar-refractivity contribution >= 4 is 11.9 Å². The van der Waals surface area contributed by atoms with Gasteiger partial charge in [-0.2, -0.15) is 0 Å². The van der Waals surface area contributed by atoms with Crippen molar-refractivity contribution in [2.24, 2.45) is 0 Å². The van der Waals surface area contributed by atoms with Crippen LogP contribution < -0.4 is 5.32 Å². The normalized spacial score (nSPS) is 12.7. The molecule has 0 saturated carbocycles. The highest BCUT2D eigenvalue weighted by atomic mass is 16.5. The molecule has 0 heterocycles. The molecule has 75 heavy (non-hydrogen) atoms. The Morgan fingerprint density at radius 1 is 0.373 bits per heavy atom. The second kappa shape index (κ2) is 64.6. The first-order valence-electron chi connectivity index (χ1n) is 33.7. The molecule has 0 spiro atoms. The number of nitrogens with one attached hydrogen (secondary N) is 1. The van der Waals surface area contributed by atoms with Crippen LogP contribution in [0.1, 0.15) is 367 Å². The van der Waals surface area contributed by atoms with Gasteiger partial charge in [0.2, 0.25) is 5.91 Å². The molecule has 1 amide bonds. The van der Waals surface area contributed by atoms with E-state index in [4.69, 9.17) is 4.74 Å². The Morgan fingerprint density at radius 2 is 0.667 bits per heavy atom. The second-order valence-electron chi connectivity index (χ2n) is 23.1. The van der Waals surface area contributed by atoms with Crippen LogP contribution in [0.5, 0.6) is 0 Å². The summed E-state index contributed by atoms with van der Waals surface area (Å²) in [4.78, 5) is 24.5. The van der Waals surface area contributed by atoms with E-state index in [2.05, 4.69) is 55.6 Å². The minimum absolute atomic E-state index is 0.000762. The lowest BCUT2D eigenvalue weighted by atomic mass is 10.0. The topological polar surface area (TPSA) is 95.9 Å². The SMILES string of the molecule is CCCCC/C=C\CCCCCCCC(=O)OCCCCCCCCCCC/C=C\C/C=C\CCCCCCCCCCCCCC(=O)NC(CO)C(O)CCCCCCCCCCCCCCCCCCCCC. The van der Waals surface area contributed by atoms with E-state index in [-0.39, 0.29) is 18.5 Å². The van der Waals surface area contributed by atoms with Crippen molar-refractivity contribution in [1.82, 2.24) is 5.32 Å². The van der Waals surface area contributed by atoms with Gasteiger partial charge >= 0.3 is 5.97 Å². The maximum Gasteiger partial charge on any atom is 0.305 e.